The van der Waals surface area contributed by atoms with Crippen LogP contribution >= 0.6 is 24.0 Å². The van der Waals surface area contributed by atoms with Crippen molar-refractivity contribution in [1.82, 2.24) is 10.2 Å². The lowest BCUT2D eigenvalue weighted by atomic mass is 10.3. The molecule has 1 N–H and O–H groups in total. The molecule has 1 aliphatic heterocycles. The molecule has 0 spiro atoms. The normalized spacial score (nSPS) is 19.9. The van der Waals surface area contributed by atoms with Gasteiger partial charge in [0.05, 0.1) is 13.7 Å². The summed E-state index contributed by atoms with van der Waals surface area (Å²) in [5.41, 5.74) is 0. The number of hydrogen-bond acceptors (Lipinski definition) is 5. The van der Waals surface area contributed by atoms with Crippen molar-refractivity contribution in [1.29, 1.82) is 0 Å². The monoisotopic (exact) mass is 278 g/mol. The Balaban J connectivity index is 2.37. The van der Waals surface area contributed by atoms with E-state index in [0.717, 1.165) is 12.3 Å². The van der Waals surface area contributed by atoms with Gasteiger partial charge in [0.15, 0.2) is 5.11 Å². The van der Waals surface area contributed by atoms with Gasteiger partial charge in [-0.1, -0.05) is 0 Å². The van der Waals surface area contributed by atoms with Crippen LogP contribution < -0.4 is 5.32 Å². The molecular formula is C10H18N2O3S2. The molecule has 1 rings (SSSR count). The first-order valence-corrected chi connectivity index (χ1v) is 6.86. The van der Waals surface area contributed by atoms with Gasteiger partial charge in [0.1, 0.15) is 5.25 Å². The number of thioether (sulfide) groups is 1. The average Bonchev–Trinajstić information content (AvgIpc) is 2.38. The number of nitrogens with one attached hydrogen (secondary N) is 1. The van der Waals surface area contributed by atoms with E-state index in [1.807, 2.05) is 4.90 Å². The number of esters is 1. The molecular weight excluding hydrogens is 260 g/mol. The predicted octanol–water partition coefficient (Wildman–Crippen LogP) is 0.0977. The molecule has 0 aromatic rings. The summed E-state index contributed by atoms with van der Waals surface area (Å²) in [5, 5.41) is 3.64. The number of hydrogen-bond donors (Lipinski definition) is 1. The van der Waals surface area contributed by atoms with E-state index in [1.54, 1.807) is 18.9 Å². The number of ether oxygens (including phenoxy) is 2. The van der Waals surface area contributed by atoms with Gasteiger partial charge in [-0.15, -0.1) is 11.8 Å². The SMILES string of the molecule is COCCNC(=S)N1CCS[C@@H](C(=O)OC)C1. The summed E-state index contributed by atoms with van der Waals surface area (Å²) in [6, 6.07) is 0. The third-order valence-corrected chi connectivity index (χ3v) is 3.96. The number of rotatable bonds is 4. The smallest absolute Gasteiger partial charge is 0.320 e. The van der Waals surface area contributed by atoms with E-state index in [-0.39, 0.29) is 11.2 Å². The molecule has 0 unspecified atom stereocenters. The molecule has 17 heavy (non-hydrogen) atoms. The molecule has 0 aliphatic carbocycles. The average molecular weight is 278 g/mol. The van der Waals surface area contributed by atoms with E-state index < -0.39 is 0 Å². The fraction of sp³-hybridized carbons (Fsp3) is 0.800. The van der Waals surface area contributed by atoms with Crippen LogP contribution in [0, 0.1) is 0 Å². The lowest BCUT2D eigenvalue weighted by Gasteiger charge is -2.32. The second-order valence-corrected chi connectivity index (χ2v) is 5.25. The Kier molecular flexibility index (Phi) is 6.61. The molecule has 1 fully saturated rings. The highest BCUT2D eigenvalue weighted by atomic mass is 32.2. The van der Waals surface area contributed by atoms with Gasteiger partial charge in [-0.05, 0) is 12.2 Å². The third kappa shape index (κ3) is 4.69. The van der Waals surface area contributed by atoms with Crippen LogP contribution in [0.5, 0.6) is 0 Å². The zero-order valence-electron chi connectivity index (χ0n) is 10.1. The number of nitrogens with zero attached hydrogens (tertiary/aromatic N) is 1. The molecule has 0 aromatic heterocycles. The highest BCUT2D eigenvalue weighted by Gasteiger charge is 2.28. The molecule has 98 valence electrons. The van der Waals surface area contributed by atoms with E-state index in [0.29, 0.717) is 24.8 Å². The topological polar surface area (TPSA) is 50.8 Å². The molecule has 0 amide bonds. The summed E-state index contributed by atoms with van der Waals surface area (Å²) in [5.74, 6) is 0.700. The van der Waals surface area contributed by atoms with Crippen molar-refractivity contribution in [3.05, 3.63) is 0 Å². The first-order valence-electron chi connectivity index (χ1n) is 5.40. The zero-order chi connectivity index (χ0) is 12.7. The molecule has 0 bridgehead atoms. The van der Waals surface area contributed by atoms with Crippen molar-refractivity contribution in [2.75, 3.05) is 46.2 Å². The van der Waals surface area contributed by atoms with Crippen LogP contribution in [0.25, 0.3) is 0 Å². The van der Waals surface area contributed by atoms with Crippen molar-refractivity contribution in [2.45, 2.75) is 5.25 Å². The fourth-order valence-electron chi connectivity index (χ4n) is 1.48. The first-order chi connectivity index (χ1) is 8.19. The van der Waals surface area contributed by atoms with Crippen LogP contribution in [0.3, 0.4) is 0 Å². The van der Waals surface area contributed by atoms with Crippen LogP contribution in [0.15, 0.2) is 0 Å². The summed E-state index contributed by atoms with van der Waals surface area (Å²) in [6.45, 7) is 2.76. The first kappa shape index (κ1) is 14.5. The maximum atomic E-state index is 11.4. The minimum Gasteiger partial charge on any atom is -0.468 e. The Morgan fingerprint density at radius 2 is 2.35 bits per heavy atom. The van der Waals surface area contributed by atoms with Crippen molar-refractivity contribution in [3.63, 3.8) is 0 Å². The van der Waals surface area contributed by atoms with Gasteiger partial charge in [0.25, 0.3) is 0 Å². The number of carbonyl (C=O) groups is 1. The van der Waals surface area contributed by atoms with Crippen LogP contribution in [0.4, 0.5) is 0 Å². The van der Waals surface area contributed by atoms with Crippen molar-refractivity contribution in [3.8, 4) is 0 Å². The minimum atomic E-state index is -0.181. The lowest BCUT2D eigenvalue weighted by molar-refractivity contribution is -0.140. The zero-order valence-corrected chi connectivity index (χ0v) is 11.7. The van der Waals surface area contributed by atoms with Gasteiger partial charge in [-0.2, -0.15) is 0 Å². The summed E-state index contributed by atoms with van der Waals surface area (Å²) in [7, 11) is 3.06. The van der Waals surface area contributed by atoms with Gasteiger partial charge in [-0.25, -0.2) is 0 Å². The molecule has 1 saturated heterocycles. The quantitative estimate of drug-likeness (QED) is 0.444. The van der Waals surface area contributed by atoms with E-state index in [1.165, 1.54) is 7.11 Å². The Bertz CT molecular complexity index is 276. The van der Waals surface area contributed by atoms with E-state index in [4.69, 9.17) is 21.7 Å². The van der Waals surface area contributed by atoms with Gasteiger partial charge in [-0.3, -0.25) is 4.79 Å². The maximum Gasteiger partial charge on any atom is 0.320 e. The van der Waals surface area contributed by atoms with Crippen LogP contribution in [-0.4, -0.2) is 67.4 Å². The van der Waals surface area contributed by atoms with Crippen molar-refractivity contribution in [2.24, 2.45) is 0 Å². The molecule has 0 aromatic carbocycles. The predicted molar refractivity (Wildman–Crippen MR) is 72.3 cm³/mol. The maximum absolute atomic E-state index is 11.4. The second kappa shape index (κ2) is 7.73. The summed E-state index contributed by atoms with van der Waals surface area (Å²) in [6.07, 6.45) is 0. The Labute approximate surface area is 111 Å². The van der Waals surface area contributed by atoms with Crippen molar-refractivity contribution >= 4 is 35.1 Å². The van der Waals surface area contributed by atoms with Gasteiger partial charge >= 0.3 is 5.97 Å². The van der Waals surface area contributed by atoms with E-state index in [9.17, 15) is 4.79 Å². The largest absolute Gasteiger partial charge is 0.468 e. The van der Waals surface area contributed by atoms with Gasteiger partial charge < -0.3 is 19.7 Å². The molecule has 0 radical (unpaired) electrons. The Morgan fingerprint density at radius 3 is 3.00 bits per heavy atom. The Hall–Kier alpha value is -0.530. The Morgan fingerprint density at radius 1 is 1.59 bits per heavy atom. The molecule has 0 saturated carbocycles. The summed E-state index contributed by atoms with van der Waals surface area (Å²) >= 11 is 6.88. The highest BCUT2D eigenvalue weighted by Crippen LogP contribution is 2.19. The number of carbonyl (C=O) groups excluding carboxylic acids is 1. The van der Waals surface area contributed by atoms with Crippen LogP contribution in [0.1, 0.15) is 0 Å². The minimum absolute atomic E-state index is 0.143. The third-order valence-electron chi connectivity index (χ3n) is 2.40. The summed E-state index contributed by atoms with van der Waals surface area (Å²) < 4.78 is 9.68. The molecule has 1 atom stereocenters. The van der Waals surface area contributed by atoms with Gasteiger partial charge in [0.2, 0.25) is 0 Å². The molecule has 5 nitrogen and oxygen atoms in total. The number of thiocarbonyl (C=S) groups is 1. The van der Waals surface area contributed by atoms with E-state index in [2.05, 4.69) is 5.32 Å². The summed E-state index contributed by atoms with van der Waals surface area (Å²) in [4.78, 5) is 13.4. The van der Waals surface area contributed by atoms with Crippen LogP contribution in [-0.2, 0) is 14.3 Å². The number of methoxy groups -OCH3 is 2. The molecule has 1 heterocycles. The van der Waals surface area contributed by atoms with E-state index >= 15 is 0 Å². The van der Waals surface area contributed by atoms with Gasteiger partial charge in [0, 0.05) is 32.5 Å². The lowest BCUT2D eigenvalue weighted by Crippen LogP contribution is -2.49. The standard InChI is InChI=1S/C10H18N2O3S2/c1-14-5-3-11-10(16)12-4-6-17-8(7-12)9(13)15-2/h8H,3-7H2,1-2H3,(H,11,16)/t8-/m1/s1. The van der Waals surface area contributed by atoms with Crippen LogP contribution in [0.2, 0.25) is 0 Å². The second-order valence-electron chi connectivity index (χ2n) is 3.55. The molecule has 7 heteroatoms. The van der Waals surface area contributed by atoms with Crippen molar-refractivity contribution < 1.29 is 14.3 Å². The highest BCUT2D eigenvalue weighted by molar-refractivity contribution is 8.00. The molecule has 1 aliphatic rings. The fourth-order valence-corrected chi connectivity index (χ4v) is 2.88.